The molecule has 0 heterocycles. The number of rotatable bonds is 19. The minimum atomic E-state index is -1.12. The number of aliphatic carboxylic acids is 1. The number of benzene rings is 1. The molecule has 11 heteroatoms. The molecule has 0 saturated carbocycles. The zero-order chi connectivity index (χ0) is 33.5. The van der Waals surface area contributed by atoms with Crippen molar-refractivity contribution in [3.8, 4) is 0 Å². The molecule has 2 rings (SSSR count). The van der Waals surface area contributed by atoms with Crippen LogP contribution in [0.1, 0.15) is 104 Å². The lowest BCUT2D eigenvalue weighted by Crippen LogP contribution is -2.57. The van der Waals surface area contributed by atoms with Crippen molar-refractivity contribution in [2.24, 2.45) is 11.8 Å². The van der Waals surface area contributed by atoms with Crippen LogP contribution in [0.5, 0.6) is 0 Å². The molecule has 1 aromatic carbocycles. The highest BCUT2D eigenvalue weighted by molar-refractivity contribution is 5.92. The molecule has 1 aliphatic carbocycles. The van der Waals surface area contributed by atoms with Crippen molar-refractivity contribution < 1.29 is 34.2 Å². The Bertz CT molecular complexity index is 1140. The Hall–Kier alpha value is -3.47. The van der Waals surface area contributed by atoms with Gasteiger partial charge in [-0.05, 0) is 61.5 Å². The number of hydrogen-bond acceptors (Lipinski definition) is 6. The predicted molar refractivity (Wildman–Crippen MR) is 172 cm³/mol. The summed E-state index contributed by atoms with van der Waals surface area (Å²) in [5.41, 5.74) is 2.52. The normalized spacial score (nSPS) is 17.6. The van der Waals surface area contributed by atoms with Crippen LogP contribution in [0.3, 0.4) is 0 Å². The van der Waals surface area contributed by atoms with E-state index < -0.39 is 47.9 Å². The van der Waals surface area contributed by atoms with E-state index in [1.165, 1.54) is 11.1 Å². The molecular weight excluding hydrogens is 576 g/mol. The summed E-state index contributed by atoms with van der Waals surface area (Å²) < 4.78 is 0. The number of aliphatic hydroxyl groups is 1. The number of hydrogen-bond donors (Lipinski definition) is 6. The number of carbonyl (C=O) groups is 5. The second-order valence-electron chi connectivity index (χ2n) is 12.8. The third-order valence-corrected chi connectivity index (χ3v) is 8.44. The fourth-order valence-corrected chi connectivity index (χ4v) is 5.71. The molecule has 1 aromatic rings. The summed E-state index contributed by atoms with van der Waals surface area (Å²) in [5.74, 6) is -2.77. The van der Waals surface area contributed by atoms with Crippen molar-refractivity contribution in [2.75, 3.05) is 0 Å². The lowest BCUT2D eigenvalue weighted by atomic mass is 9.88. The van der Waals surface area contributed by atoms with Gasteiger partial charge in [-0.3, -0.25) is 24.0 Å². The van der Waals surface area contributed by atoms with Gasteiger partial charge in [0.25, 0.3) is 0 Å². The third kappa shape index (κ3) is 13.2. The highest BCUT2D eigenvalue weighted by Gasteiger charge is 2.32. The minimum absolute atomic E-state index is 0.0157. The van der Waals surface area contributed by atoms with Crippen LogP contribution in [0, 0.1) is 11.8 Å². The van der Waals surface area contributed by atoms with Crippen LogP contribution < -0.4 is 21.3 Å². The summed E-state index contributed by atoms with van der Waals surface area (Å²) in [6, 6.07) is 5.67. The molecule has 0 spiro atoms. The molecule has 0 radical (unpaired) electrons. The van der Waals surface area contributed by atoms with Crippen molar-refractivity contribution in [1.29, 1.82) is 0 Å². The molecular formula is C34H54N4O7. The molecule has 252 valence electrons. The first-order valence-corrected chi connectivity index (χ1v) is 16.5. The van der Waals surface area contributed by atoms with Gasteiger partial charge in [0.2, 0.25) is 23.6 Å². The molecule has 1 aliphatic rings. The lowest BCUT2D eigenvalue weighted by Gasteiger charge is -2.30. The maximum Gasteiger partial charge on any atom is 0.303 e. The van der Waals surface area contributed by atoms with E-state index in [-0.39, 0.29) is 49.5 Å². The number of amides is 4. The summed E-state index contributed by atoms with van der Waals surface area (Å²) in [5, 5.41) is 31.4. The first-order valence-electron chi connectivity index (χ1n) is 16.5. The van der Waals surface area contributed by atoms with Gasteiger partial charge in [-0.15, -0.1) is 0 Å². The summed E-state index contributed by atoms with van der Waals surface area (Å²) in [7, 11) is 0. The third-order valence-electron chi connectivity index (χ3n) is 8.44. The molecule has 0 aromatic heterocycles. The van der Waals surface area contributed by atoms with Gasteiger partial charge in [0, 0.05) is 18.9 Å². The molecule has 0 saturated heterocycles. The summed E-state index contributed by atoms with van der Waals surface area (Å²) in [6.07, 6.45) is 3.11. The zero-order valence-electron chi connectivity index (χ0n) is 27.6. The van der Waals surface area contributed by atoms with E-state index in [0.717, 1.165) is 19.3 Å². The molecule has 6 atom stereocenters. The van der Waals surface area contributed by atoms with Crippen molar-refractivity contribution in [1.82, 2.24) is 21.3 Å². The van der Waals surface area contributed by atoms with Gasteiger partial charge in [0.05, 0.1) is 18.6 Å². The van der Waals surface area contributed by atoms with E-state index >= 15 is 0 Å². The van der Waals surface area contributed by atoms with E-state index in [0.29, 0.717) is 25.7 Å². The SMILES string of the molecule is CCC[C@H](NC(=O)[C@@H](NC(=O)CCCC(=O)O)[C@@H](C)CC)C(=O)N[C@@H](CC(C)C)[C@@H](O)CC(=O)NC1CCc2ccccc2C1. The van der Waals surface area contributed by atoms with Crippen LogP contribution in [0.4, 0.5) is 0 Å². The van der Waals surface area contributed by atoms with Gasteiger partial charge in [0.1, 0.15) is 12.1 Å². The van der Waals surface area contributed by atoms with Crippen molar-refractivity contribution >= 4 is 29.6 Å². The number of fused-ring (bicyclic) bond motifs is 1. The van der Waals surface area contributed by atoms with Crippen LogP contribution in [-0.4, -0.2) is 70.1 Å². The first kappa shape index (κ1) is 37.7. The summed E-state index contributed by atoms with van der Waals surface area (Å²) in [6.45, 7) is 9.53. The largest absolute Gasteiger partial charge is 0.481 e. The van der Waals surface area contributed by atoms with E-state index in [9.17, 15) is 29.1 Å². The number of carboxylic acids is 1. The second kappa shape index (κ2) is 19.1. The van der Waals surface area contributed by atoms with Crippen molar-refractivity contribution in [3.63, 3.8) is 0 Å². The number of carbonyl (C=O) groups excluding carboxylic acids is 4. The minimum Gasteiger partial charge on any atom is -0.481 e. The van der Waals surface area contributed by atoms with Gasteiger partial charge in [-0.1, -0.05) is 71.7 Å². The van der Waals surface area contributed by atoms with Crippen molar-refractivity contribution in [2.45, 2.75) is 136 Å². The average Bonchev–Trinajstić information content (AvgIpc) is 2.98. The average molecular weight is 631 g/mol. The second-order valence-corrected chi connectivity index (χ2v) is 12.8. The van der Waals surface area contributed by atoms with Crippen molar-refractivity contribution in [3.05, 3.63) is 35.4 Å². The predicted octanol–water partition coefficient (Wildman–Crippen LogP) is 3.01. The monoisotopic (exact) mass is 630 g/mol. The Morgan fingerprint density at radius 3 is 2.22 bits per heavy atom. The van der Waals surface area contributed by atoms with Crippen LogP contribution in [0.25, 0.3) is 0 Å². The maximum absolute atomic E-state index is 13.5. The van der Waals surface area contributed by atoms with E-state index in [4.69, 9.17) is 5.11 Å². The fourth-order valence-electron chi connectivity index (χ4n) is 5.71. The Labute approximate surface area is 267 Å². The summed E-state index contributed by atoms with van der Waals surface area (Å²) in [4.78, 5) is 63.1. The summed E-state index contributed by atoms with van der Waals surface area (Å²) >= 11 is 0. The standard InChI is InChI=1S/C34H54N4O7/c1-6-11-26(36-34(45)32(22(5)7-2)38-29(40)14-10-15-31(42)43)33(44)37-27(18-21(3)4)28(39)20-30(41)35-25-17-16-23-12-8-9-13-24(23)19-25/h8-9,12-13,21-22,25-28,32,39H,6-7,10-11,14-20H2,1-5H3,(H,35,41)(H,36,45)(H,37,44)(H,38,40)(H,42,43)/t22-,25?,26-,27-,28-,32-/m0/s1. The lowest BCUT2D eigenvalue weighted by molar-refractivity contribution is -0.137. The number of nitrogens with one attached hydrogen (secondary N) is 4. The number of aryl methyl sites for hydroxylation is 1. The van der Waals surface area contributed by atoms with Crippen LogP contribution in [-0.2, 0) is 36.8 Å². The Morgan fingerprint density at radius 1 is 0.911 bits per heavy atom. The molecule has 45 heavy (non-hydrogen) atoms. The molecule has 0 bridgehead atoms. The molecule has 0 aliphatic heterocycles. The number of carboxylic acid groups (broad SMARTS) is 1. The molecule has 11 nitrogen and oxygen atoms in total. The molecule has 4 amide bonds. The number of aliphatic hydroxyl groups excluding tert-OH is 1. The van der Waals surface area contributed by atoms with Gasteiger partial charge in [-0.25, -0.2) is 0 Å². The van der Waals surface area contributed by atoms with Gasteiger partial charge >= 0.3 is 5.97 Å². The quantitative estimate of drug-likeness (QED) is 0.136. The van der Waals surface area contributed by atoms with Gasteiger partial charge < -0.3 is 31.5 Å². The topological polar surface area (TPSA) is 174 Å². The Kier molecular flexibility index (Phi) is 16.0. The zero-order valence-corrected chi connectivity index (χ0v) is 27.6. The maximum atomic E-state index is 13.5. The molecule has 6 N–H and O–H groups in total. The Balaban J connectivity index is 2.03. The van der Waals surface area contributed by atoms with Crippen LogP contribution in [0.2, 0.25) is 0 Å². The van der Waals surface area contributed by atoms with Gasteiger partial charge in [0.15, 0.2) is 0 Å². The van der Waals surface area contributed by atoms with Gasteiger partial charge in [-0.2, -0.15) is 0 Å². The van der Waals surface area contributed by atoms with E-state index in [1.54, 1.807) is 0 Å². The molecule has 0 fully saturated rings. The fraction of sp³-hybridized carbons (Fsp3) is 0.676. The van der Waals surface area contributed by atoms with E-state index in [2.05, 4.69) is 33.4 Å². The molecule has 1 unspecified atom stereocenters. The Morgan fingerprint density at radius 2 is 1.60 bits per heavy atom. The first-order chi connectivity index (χ1) is 21.3. The highest BCUT2D eigenvalue weighted by Crippen LogP contribution is 2.21. The smallest absolute Gasteiger partial charge is 0.303 e. The van der Waals surface area contributed by atoms with E-state index in [1.807, 2.05) is 46.8 Å². The van der Waals surface area contributed by atoms with Crippen LogP contribution in [0.15, 0.2) is 24.3 Å². The van der Waals surface area contributed by atoms with Crippen LogP contribution >= 0.6 is 0 Å². The highest BCUT2D eigenvalue weighted by atomic mass is 16.4.